The molecule has 1 fully saturated rings. The maximum atomic E-state index is 5.50. The third-order valence-electron chi connectivity index (χ3n) is 5.12. The van der Waals surface area contributed by atoms with Crippen LogP contribution in [0.4, 0.5) is 5.69 Å². The molecule has 0 radical (unpaired) electrons. The van der Waals surface area contributed by atoms with Gasteiger partial charge in [0.15, 0.2) is 5.96 Å². The molecular weight excluding hydrogens is 418 g/mol. The maximum Gasteiger partial charge on any atom is 0.191 e. The van der Waals surface area contributed by atoms with E-state index in [1.54, 1.807) is 14.2 Å². The van der Waals surface area contributed by atoms with Crippen LogP contribution in [-0.2, 0) is 6.54 Å². The van der Waals surface area contributed by atoms with E-state index >= 15 is 0 Å². The SMILES string of the molecule is CN=C(NCc1ncc(C)c(OC)c1C)NC1CCN(c2ccccc2Br)C1. The molecule has 2 aromatic rings. The molecule has 1 atom stereocenters. The zero-order valence-electron chi connectivity index (χ0n) is 16.9. The van der Waals surface area contributed by atoms with Crippen LogP contribution in [0.3, 0.4) is 0 Å². The molecule has 1 saturated heterocycles. The van der Waals surface area contributed by atoms with E-state index < -0.39 is 0 Å². The molecule has 0 aliphatic carbocycles. The van der Waals surface area contributed by atoms with Gasteiger partial charge in [-0.25, -0.2) is 0 Å². The van der Waals surface area contributed by atoms with E-state index in [0.29, 0.717) is 12.6 Å². The summed E-state index contributed by atoms with van der Waals surface area (Å²) in [6.07, 6.45) is 2.92. The van der Waals surface area contributed by atoms with Crippen LogP contribution in [0.5, 0.6) is 5.75 Å². The first-order valence-electron chi connectivity index (χ1n) is 9.49. The maximum absolute atomic E-state index is 5.50. The number of aromatic nitrogens is 1. The number of para-hydroxylation sites is 1. The molecule has 7 heteroatoms. The Morgan fingerprint density at radius 2 is 2.14 bits per heavy atom. The Morgan fingerprint density at radius 1 is 1.36 bits per heavy atom. The predicted molar refractivity (Wildman–Crippen MR) is 118 cm³/mol. The molecule has 3 rings (SSSR count). The van der Waals surface area contributed by atoms with Gasteiger partial charge in [-0.15, -0.1) is 0 Å². The summed E-state index contributed by atoms with van der Waals surface area (Å²) in [5.74, 6) is 1.69. The molecule has 0 spiro atoms. The Labute approximate surface area is 175 Å². The molecule has 0 saturated carbocycles. The topological polar surface area (TPSA) is 61.8 Å². The van der Waals surface area contributed by atoms with Gasteiger partial charge in [-0.05, 0) is 48.3 Å². The third-order valence-corrected chi connectivity index (χ3v) is 5.79. The number of guanidine groups is 1. The lowest BCUT2D eigenvalue weighted by Crippen LogP contribution is -2.44. The smallest absolute Gasteiger partial charge is 0.191 e. The van der Waals surface area contributed by atoms with Crippen LogP contribution < -0.4 is 20.3 Å². The number of methoxy groups -OCH3 is 1. The predicted octanol–water partition coefficient (Wildman–Crippen LogP) is 3.41. The largest absolute Gasteiger partial charge is 0.496 e. The highest BCUT2D eigenvalue weighted by atomic mass is 79.9. The lowest BCUT2D eigenvalue weighted by atomic mass is 10.1. The Balaban J connectivity index is 1.58. The zero-order chi connectivity index (χ0) is 20.1. The van der Waals surface area contributed by atoms with Crippen molar-refractivity contribution in [2.45, 2.75) is 32.9 Å². The molecule has 0 bridgehead atoms. The van der Waals surface area contributed by atoms with E-state index in [1.807, 2.05) is 26.1 Å². The summed E-state index contributed by atoms with van der Waals surface area (Å²) in [6, 6.07) is 8.70. The molecule has 1 aromatic heterocycles. The summed E-state index contributed by atoms with van der Waals surface area (Å²) in [5, 5.41) is 6.92. The number of ether oxygens (including phenoxy) is 1. The number of nitrogens with one attached hydrogen (secondary N) is 2. The first kappa shape index (κ1) is 20.5. The number of aliphatic imine (C=N–C) groups is 1. The summed E-state index contributed by atoms with van der Waals surface area (Å²) < 4.78 is 6.63. The van der Waals surface area contributed by atoms with Gasteiger partial charge in [-0.2, -0.15) is 0 Å². The first-order valence-corrected chi connectivity index (χ1v) is 10.3. The number of anilines is 1. The van der Waals surface area contributed by atoms with Crippen LogP contribution in [0.15, 0.2) is 39.9 Å². The first-order chi connectivity index (χ1) is 13.5. The lowest BCUT2D eigenvalue weighted by Gasteiger charge is -2.21. The molecule has 2 heterocycles. The van der Waals surface area contributed by atoms with Crippen molar-refractivity contribution in [2.75, 3.05) is 32.1 Å². The van der Waals surface area contributed by atoms with Crippen molar-refractivity contribution in [2.24, 2.45) is 4.99 Å². The Bertz CT molecular complexity index is 855. The Hall–Kier alpha value is -2.28. The second-order valence-electron chi connectivity index (χ2n) is 7.00. The fraction of sp³-hybridized carbons (Fsp3) is 0.429. The monoisotopic (exact) mass is 445 g/mol. The minimum Gasteiger partial charge on any atom is -0.496 e. The molecule has 2 N–H and O–H groups in total. The highest BCUT2D eigenvalue weighted by Gasteiger charge is 2.24. The van der Waals surface area contributed by atoms with Crippen LogP contribution in [-0.4, -0.2) is 44.2 Å². The van der Waals surface area contributed by atoms with Crippen molar-refractivity contribution >= 4 is 27.6 Å². The van der Waals surface area contributed by atoms with Crippen LogP contribution >= 0.6 is 15.9 Å². The number of pyridine rings is 1. The van der Waals surface area contributed by atoms with E-state index in [1.165, 1.54) is 5.69 Å². The standard InChI is InChI=1S/C21H28BrN5O/c1-14-11-24-18(15(2)20(14)28-4)12-25-21(23-3)26-16-9-10-27(13-16)19-8-6-5-7-17(19)22/h5-8,11,16H,9-10,12-13H2,1-4H3,(H2,23,25,26). The van der Waals surface area contributed by atoms with Crippen LogP contribution in [0.25, 0.3) is 0 Å². The summed E-state index contributed by atoms with van der Waals surface area (Å²) in [5.41, 5.74) is 4.31. The summed E-state index contributed by atoms with van der Waals surface area (Å²) in [4.78, 5) is 11.3. The summed E-state index contributed by atoms with van der Waals surface area (Å²) >= 11 is 3.65. The number of benzene rings is 1. The van der Waals surface area contributed by atoms with Crippen LogP contribution in [0.2, 0.25) is 0 Å². The molecule has 28 heavy (non-hydrogen) atoms. The second-order valence-corrected chi connectivity index (χ2v) is 7.85. The van der Waals surface area contributed by atoms with Crippen molar-refractivity contribution in [3.63, 3.8) is 0 Å². The molecule has 150 valence electrons. The number of rotatable bonds is 5. The fourth-order valence-electron chi connectivity index (χ4n) is 3.61. The van der Waals surface area contributed by atoms with Gasteiger partial charge in [-0.1, -0.05) is 12.1 Å². The zero-order valence-corrected chi connectivity index (χ0v) is 18.5. The number of aryl methyl sites for hydroxylation is 1. The average Bonchev–Trinajstić information content (AvgIpc) is 3.15. The molecule has 1 aliphatic heterocycles. The molecule has 1 aliphatic rings. The van der Waals surface area contributed by atoms with Crippen molar-refractivity contribution in [3.8, 4) is 5.75 Å². The van der Waals surface area contributed by atoms with Crippen molar-refractivity contribution in [1.82, 2.24) is 15.6 Å². The van der Waals surface area contributed by atoms with E-state index in [4.69, 9.17) is 4.74 Å². The van der Waals surface area contributed by atoms with Gasteiger partial charge in [0, 0.05) is 48.0 Å². The van der Waals surface area contributed by atoms with E-state index in [9.17, 15) is 0 Å². The Kier molecular flexibility index (Phi) is 6.78. The van der Waals surface area contributed by atoms with Gasteiger partial charge in [0.2, 0.25) is 0 Å². The van der Waals surface area contributed by atoms with Gasteiger partial charge in [0.1, 0.15) is 5.75 Å². The fourth-order valence-corrected chi connectivity index (χ4v) is 4.15. The number of hydrogen-bond acceptors (Lipinski definition) is 4. The Morgan fingerprint density at radius 3 is 2.86 bits per heavy atom. The second kappa shape index (κ2) is 9.28. The molecule has 6 nitrogen and oxygen atoms in total. The number of halogens is 1. The molecule has 0 amide bonds. The highest BCUT2D eigenvalue weighted by molar-refractivity contribution is 9.10. The van der Waals surface area contributed by atoms with E-state index in [-0.39, 0.29) is 0 Å². The van der Waals surface area contributed by atoms with E-state index in [2.05, 4.69) is 59.6 Å². The normalized spacial score (nSPS) is 17.0. The average molecular weight is 446 g/mol. The van der Waals surface area contributed by atoms with Gasteiger partial charge in [0.25, 0.3) is 0 Å². The molecule has 1 aromatic carbocycles. The van der Waals surface area contributed by atoms with Crippen LogP contribution in [0, 0.1) is 13.8 Å². The number of hydrogen-bond donors (Lipinski definition) is 2. The minimum atomic E-state index is 0.347. The van der Waals surface area contributed by atoms with E-state index in [0.717, 1.165) is 52.5 Å². The minimum absolute atomic E-state index is 0.347. The van der Waals surface area contributed by atoms with Gasteiger partial charge in [0.05, 0.1) is 25.0 Å². The van der Waals surface area contributed by atoms with Crippen molar-refractivity contribution in [1.29, 1.82) is 0 Å². The quantitative estimate of drug-likeness (QED) is 0.545. The third kappa shape index (κ3) is 4.58. The van der Waals surface area contributed by atoms with Gasteiger partial charge in [-0.3, -0.25) is 9.98 Å². The van der Waals surface area contributed by atoms with Crippen LogP contribution in [0.1, 0.15) is 23.2 Å². The molecule has 1 unspecified atom stereocenters. The van der Waals surface area contributed by atoms with Crippen molar-refractivity contribution in [3.05, 3.63) is 51.8 Å². The van der Waals surface area contributed by atoms with Gasteiger partial charge >= 0.3 is 0 Å². The number of nitrogens with zero attached hydrogens (tertiary/aromatic N) is 3. The lowest BCUT2D eigenvalue weighted by molar-refractivity contribution is 0.406. The van der Waals surface area contributed by atoms with Gasteiger partial charge < -0.3 is 20.3 Å². The highest BCUT2D eigenvalue weighted by Crippen LogP contribution is 2.28. The summed E-state index contributed by atoms with van der Waals surface area (Å²) in [6.45, 7) is 6.61. The van der Waals surface area contributed by atoms with Crippen molar-refractivity contribution < 1.29 is 4.74 Å². The molecular formula is C21H28BrN5O. The summed E-state index contributed by atoms with van der Waals surface area (Å²) in [7, 11) is 3.50.